The Hall–Kier alpha value is -2.59. The fourth-order valence-corrected chi connectivity index (χ4v) is 3.33. The highest BCUT2D eigenvalue weighted by molar-refractivity contribution is 6.21. The van der Waals surface area contributed by atoms with Crippen LogP contribution in [0, 0.1) is 0 Å². The molecule has 1 amide bonds. The summed E-state index contributed by atoms with van der Waals surface area (Å²) in [5.41, 5.74) is 3.99. The highest BCUT2D eigenvalue weighted by Crippen LogP contribution is 2.34. The van der Waals surface area contributed by atoms with Crippen LogP contribution in [0.4, 0.5) is 0 Å². The van der Waals surface area contributed by atoms with Crippen molar-refractivity contribution in [3.8, 4) is 0 Å². The first-order valence-electron chi connectivity index (χ1n) is 8.31. The average Bonchev–Trinajstić information content (AvgIpc) is 2.65. The van der Waals surface area contributed by atoms with Gasteiger partial charge in [-0.25, -0.2) is 0 Å². The summed E-state index contributed by atoms with van der Waals surface area (Å²) in [7, 11) is 0. The van der Waals surface area contributed by atoms with Gasteiger partial charge in [-0.15, -0.1) is 0 Å². The number of amides is 1. The standard InChI is InChI=1S/C20H20N2O2/c23-20-18(14-22-10-12-24-13-11-22)16-8-4-5-9-17(16)19(21-20)15-6-2-1-3-7-15/h1-9,14,19H,10-13H2,(H,21,23)/t19-/m0/s1. The lowest BCUT2D eigenvalue weighted by Crippen LogP contribution is -2.37. The molecule has 0 radical (unpaired) electrons. The van der Waals surface area contributed by atoms with Crippen molar-refractivity contribution in [1.82, 2.24) is 10.2 Å². The summed E-state index contributed by atoms with van der Waals surface area (Å²) in [6.07, 6.45) is 1.98. The number of nitrogens with zero attached hydrogens (tertiary/aromatic N) is 1. The zero-order valence-corrected chi connectivity index (χ0v) is 13.4. The Balaban J connectivity index is 1.75. The van der Waals surface area contributed by atoms with Crippen molar-refractivity contribution in [2.75, 3.05) is 26.3 Å². The van der Waals surface area contributed by atoms with Crippen molar-refractivity contribution in [1.29, 1.82) is 0 Å². The van der Waals surface area contributed by atoms with Crippen LogP contribution in [0.2, 0.25) is 0 Å². The number of hydrogen-bond acceptors (Lipinski definition) is 3. The first-order chi connectivity index (χ1) is 11.8. The summed E-state index contributed by atoms with van der Waals surface area (Å²) < 4.78 is 5.39. The maximum Gasteiger partial charge on any atom is 0.254 e. The molecule has 1 fully saturated rings. The summed E-state index contributed by atoms with van der Waals surface area (Å²) in [5, 5.41) is 3.16. The van der Waals surface area contributed by atoms with Crippen LogP contribution in [0.3, 0.4) is 0 Å². The fraction of sp³-hybridized carbons (Fsp3) is 0.250. The number of rotatable bonds is 2. The van der Waals surface area contributed by atoms with E-state index >= 15 is 0 Å². The Morgan fingerprint density at radius 1 is 1.00 bits per heavy atom. The van der Waals surface area contributed by atoms with E-state index in [0.717, 1.165) is 35.4 Å². The van der Waals surface area contributed by atoms with E-state index in [4.69, 9.17) is 4.74 Å². The second-order valence-electron chi connectivity index (χ2n) is 6.10. The molecule has 0 aliphatic carbocycles. The van der Waals surface area contributed by atoms with E-state index in [0.29, 0.717) is 13.2 Å². The molecule has 0 aromatic heterocycles. The Bertz CT molecular complexity index is 764. The molecule has 1 atom stereocenters. The van der Waals surface area contributed by atoms with Gasteiger partial charge in [0, 0.05) is 19.3 Å². The molecule has 0 saturated carbocycles. The minimum atomic E-state index is -0.100. The SMILES string of the molecule is O=C1N[C@@H](c2ccccc2)c2ccccc2C1=CN1CCOCC1. The average molecular weight is 320 g/mol. The van der Waals surface area contributed by atoms with Crippen molar-refractivity contribution in [2.24, 2.45) is 0 Å². The summed E-state index contributed by atoms with van der Waals surface area (Å²) in [6, 6.07) is 18.2. The molecule has 0 unspecified atom stereocenters. The molecule has 1 N–H and O–H groups in total. The Morgan fingerprint density at radius 3 is 2.50 bits per heavy atom. The maximum atomic E-state index is 12.8. The van der Waals surface area contributed by atoms with Gasteiger partial charge in [0.2, 0.25) is 0 Å². The van der Waals surface area contributed by atoms with Gasteiger partial charge < -0.3 is 15.0 Å². The lowest BCUT2D eigenvalue weighted by atomic mass is 9.87. The molecule has 2 aliphatic rings. The summed E-state index contributed by atoms with van der Waals surface area (Å²) in [5.74, 6) is -0.0194. The topological polar surface area (TPSA) is 41.6 Å². The molecule has 0 bridgehead atoms. The van der Waals surface area contributed by atoms with Gasteiger partial charge in [0.25, 0.3) is 5.91 Å². The molecule has 2 aliphatic heterocycles. The van der Waals surface area contributed by atoms with Crippen molar-refractivity contribution in [3.63, 3.8) is 0 Å². The number of nitrogens with one attached hydrogen (secondary N) is 1. The first kappa shape index (κ1) is 15.0. The number of fused-ring (bicyclic) bond motifs is 1. The number of morpholine rings is 1. The van der Waals surface area contributed by atoms with Gasteiger partial charge in [-0.1, -0.05) is 54.6 Å². The third kappa shape index (κ3) is 2.81. The molecule has 4 rings (SSSR count). The predicted octanol–water partition coefficient (Wildman–Crippen LogP) is 2.58. The van der Waals surface area contributed by atoms with E-state index in [9.17, 15) is 4.79 Å². The van der Waals surface area contributed by atoms with Crippen molar-refractivity contribution >= 4 is 11.5 Å². The monoisotopic (exact) mass is 320 g/mol. The molecule has 4 heteroatoms. The highest BCUT2D eigenvalue weighted by atomic mass is 16.5. The molecule has 2 aromatic rings. The third-order valence-corrected chi connectivity index (χ3v) is 4.57. The van der Waals surface area contributed by atoms with E-state index in [2.05, 4.69) is 28.4 Å². The van der Waals surface area contributed by atoms with Crippen LogP contribution in [-0.4, -0.2) is 37.1 Å². The molecular weight excluding hydrogens is 300 g/mol. The molecule has 122 valence electrons. The summed E-state index contributed by atoms with van der Waals surface area (Å²) >= 11 is 0. The number of carbonyl (C=O) groups is 1. The van der Waals surface area contributed by atoms with Gasteiger partial charge in [-0.05, 0) is 16.7 Å². The van der Waals surface area contributed by atoms with Gasteiger partial charge in [0.15, 0.2) is 0 Å². The van der Waals surface area contributed by atoms with Crippen LogP contribution in [0.5, 0.6) is 0 Å². The number of hydrogen-bond donors (Lipinski definition) is 1. The second-order valence-corrected chi connectivity index (χ2v) is 6.10. The predicted molar refractivity (Wildman–Crippen MR) is 93.2 cm³/mol. The van der Waals surface area contributed by atoms with Crippen LogP contribution in [0.1, 0.15) is 22.7 Å². The van der Waals surface area contributed by atoms with E-state index in [-0.39, 0.29) is 11.9 Å². The Morgan fingerprint density at radius 2 is 1.71 bits per heavy atom. The van der Waals surface area contributed by atoms with Gasteiger partial charge in [-0.2, -0.15) is 0 Å². The lowest BCUT2D eigenvalue weighted by molar-refractivity contribution is -0.116. The van der Waals surface area contributed by atoms with Crippen LogP contribution < -0.4 is 5.32 Å². The van der Waals surface area contributed by atoms with Gasteiger partial charge >= 0.3 is 0 Å². The van der Waals surface area contributed by atoms with Crippen LogP contribution >= 0.6 is 0 Å². The molecule has 24 heavy (non-hydrogen) atoms. The number of benzene rings is 2. The molecule has 1 saturated heterocycles. The second kappa shape index (κ2) is 6.49. The van der Waals surface area contributed by atoms with Gasteiger partial charge in [0.1, 0.15) is 0 Å². The summed E-state index contributed by atoms with van der Waals surface area (Å²) in [4.78, 5) is 14.9. The molecule has 2 heterocycles. The highest BCUT2D eigenvalue weighted by Gasteiger charge is 2.29. The third-order valence-electron chi connectivity index (χ3n) is 4.57. The summed E-state index contributed by atoms with van der Waals surface area (Å²) in [6.45, 7) is 3.06. The van der Waals surface area contributed by atoms with Crippen LogP contribution in [0.15, 0.2) is 60.8 Å². The zero-order valence-electron chi connectivity index (χ0n) is 13.4. The smallest absolute Gasteiger partial charge is 0.254 e. The van der Waals surface area contributed by atoms with Gasteiger partial charge in [0.05, 0.1) is 24.8 Å². The molecular formula is C20H20N2O2. The molecule has 4 nitrogen and oxygen atoms in total. The van der Waals surface area contributed by atoms with E-state index < -0.39 is 0 Å². The van der Waals surface area contributed by atoms with E-state index in [1.54, 1.807) is 0 Å². The van der Waals surface area contributed by atoms with E-state index in [1.165, 1.54) is 0 Å². The normalized spacial score (nSPS) is 22.2. The lowest BCUT2D eigenvalue weighted by Gasteiger charge is -2.31. The molecule has 2 aromatic carbocycles. The van der Waals surface area contributed by atoms with Gasteiger partial charge in [-0.3, -0.25) is 4.79 Å². The Kier molecular flexibility index (Phi) is 4.05. The largest absolute Gasteiger partial charge is 0.378 e. The Labute approximate surface area is 141 Å². The minimum absolute atomic E-state index is 0.0194. The van der Waals surface area contributed by atoms with E-state index in [1.807, 2.05) is 42.6 Å². The number of ether oxygens (including phenoxy) is 1. The fourth-order valence-electron chi connectivity index (χ4n) is 3.33. The zero-order chi connectivity index (χ0) is 16.4. The van der Waals surface area contributed by atoms with Crippen molar-refractivity contribution in [3.05, 3.63) is 77.5 Å². The van der Waals surface area contributed by atoms with Crippen molar-refractivity contribution in [2.45, 2.75) is 6.04 Å². The first-order valence-corrected chi connectivity index (χ1v) is 8.31. The minimum Gasteiger partial charge on any atom is -0.378 e. The van der Waals surface area contributed by atoms with Crippen molar-refractivity contribution < 1.29 is 9.53 Å². The molecule has 0 spiro atoms. The van der Waals surface area contributed by atoms with Crippen LogP contribution in [-0.2, 0) is 9.53 Å². The van der Waals surface area contributed by atoms with Crippen LogP contribution in [0.25, 0.3) is 5.57 Å². The maximum absolute atomic E-state index is 12.8. The number of carbonyl (C=O) groups excluding carboxylic acids is 1. The quantitative estimate of drug-likeness (QED) is 0.865.